The second kappa shape index (κ2) is 51.3. The van der Waals surface area contributed by atoms with Crippen molar-refractivity contribution < 1.29 is 117 Å². The summed E-state index contributed by atoms with van der Waals surface area (Å²) in [5.74, 6) is -4.23. The van der Waals surface area contributed by atoms with E-state index in [1.54, 1.807) is 27.9 Å². The molecule has 0 aromatic rings. The summed E-state index contributed by atoms with van der Waals surface area (Å²) in [6, 6.07) is 0. The smallest absolute Gasteiger partial charge is 0.222 e. The zero-order valence-corrected chi connectivity index (χ0v) is 58.1. The minimum atomic E-state index is -1.32. The third kappa shape index (κ3) is 36.3. The first kappa shape index (κ1) is 89.1. The van der Waals surface area contributed by atoms with E-state index in [0.717, 1.165) is 5.92 Å². The number of carbonyl (C=O) groups is 8. The van der Waals surface area contributed by atoms with E-state index < -0.39 is 141 Å². The number of aliphatic hydroxyl groups excluding tert-OH is 9. The fourth-order valence-electron chi connectivity index (χ4n) is 10.1. The van der Waals surface area contributed by atoms with Crippen LogP contribution in [0.4, 0.5) is 0 Å². The van der Waals surface area contributed by atoms with Crippen LogP contribution in [0.1, 0.15) is 158 Å². The molecule has 32 heteroatoms. The van der Waals surface area contributed by atoms with E-state index in [1.165, 1.54) is 0 Å². The van der Waals surface area contributed by atoms with Gasteiger partial charge in [0.15, 0.2) is 18.9 Å². The molecule has 0 saturated carbocycles. The van der Waals surface area contributed by atoms with Gasteiger partial charge >= 0.3 is 0 Å². The van der Waals surface area contributed by atoms with Crippen molar-refractivity contribution in [3.8, 4) is 0 Å². The molecule has 0 aromatic heterocycles. The lowest BCUT2D eigenvalue weighted by atomic mass is 9.82. The Labute approximate surface area is 565 Å². The highest BCUT2D eigenvalue weighted by atomic mass is 16.7. The highest BCUT2D eigenvalue weighted by molar-refractivity contribution is 5.81. The summed E-state index contributed by atoms with van der Waals surface area (Å²) in [6.45, 7) is 15.2. The molecule has 3 rings (SSSR count). The summed E-state index contributed by atoms with van der Waals surface area (Å²) in [5, 5.41) is 112. The molecule has 3 aliphatic heterocycles. The number of ether oxygens (including phenoxy) is 7. The van der Waals surface area contributed by atoms with Gasteiger partial charge in [-0.05, 0) is 57.3 Å². The first-order valence-corrected chi connectivity index (χ1v) is 34.1. The van der Waals surface area contributed by atoms with Crippen LogP contribution < -0.4 is 42.5 Å². The van der Waals surface area contributed by atoms with Crippen molar-refractivity contribution in [2.45, 2.75) is 237 Å². The van der Waals surface area contributed by atoms with Gasteiger partial charge in [0, 0.05) is 115 Å². The summed E-state index contributed by atoms with van der Waals surface area (Å²) in [6.07, 6.45) is -12.7. The Hall–Kier alpha value is -4.88. The molecule has 3 heterocycles. The zero-order valence-electron chi connectivity index (χ0n) is 58.1. The molecular weight excluding hydrogens is 1260 g/mol. The van der Waals surface area contributed by atoms with Gasteiger partial charge in [-0.3, -0.25) is 38.4 Å². The van der Waals surface area contributed by atoms with Crippen molar-refractivity contribution in [3.63, 3.8) is 0 Å². The Morgan fingerprint density at radius 2 is 0.625 bits per heavy atom. The molecule has 17 N–H and O–H groups in total. The number of rotatable bonds is 45. The van der Waals surface area contributed by atoms with Crippen molar-refractivity contribution in [1.82, 2.24) is 42.5 Å². The second-order valence-corrected chi connectivity index (χ2v) is 24.8. The van der Waals surface area contributed by atoms with Crippen LogP contribution in [0.2, 0.25) is 0 Å². The lowest BCUT2D eigenvalue weighted by Crippen LogP contribution is -2.55. The molecule has 8 amide bonds. The summed E-state index contributed by atoms with van der Waals surface area (Å²) in [4.78, 5) is 105. The molecule has 6 unspecified atom stereocenters. The lowest BCUT2D eigenvalue weighted by Gasteiger charge is -2.40. The van der Waals surface area contributed by atoms with Gasteiger partial charge in [-0.25, -0.2) is 0 Å². The first-order valence-electron chi connectivity index (χ1n) is 34.1. The quantitative estimate of drug-likeness (QED) is 0.0280. The molecule has 0 bridgehead atoms. The molecule has 0 aliphatic carbocycles. The maximum absolute atomic E-state index is 13.8. The van der Waals surface area contributed by atoms with E-state index in [4.69, 9.17) is 33.2 Å². The van der Waals surface area contributed by atoms with Crippen LogP contribution in [0.15, 0.2) is 0 Å². The number of aliphatic hydroxyl groups is 9. The third-order valence-electron chi connectivity index (χ3n) is 15.9. The molecular formula is C64H120N8O24. The standard InChI is InChI=1S/C58H104N8O24.C4H10.C2H6/c1-35-49(78)52(81)38(32-67)88-55(35)85-29-15-45(74)62-24-6-21-59-42(71)12-18-58(66-48(77)11-5-10-41(70)65-27-9-28-84-4,19-13-43(72)60-22-7-25-63-46(75)16-30-86-56-36(2)50(79)53(82)39(33-68)89-56)20-14-44(73)61-23-8-26-64-47(76)17-31-87-57-37(3)51(80)54(83)40(34-69)90-57;1-4(2)3;1-2/h35-40,49-57,67-69,78-83H,5-34H2,1-4H3,(H,59,71)(H,60,72)(H,61,73)(H,62,74)(H,63,75)(H,64,76)(H,65,70)(H,66,77);4H,1-3H3;1-2H3/t35?,36?,37?,38?,39?,40?,49-,50-,51-,52+,53+,54+,55-,56-,57-,58?;;/m1../s1. The van der Waals surface area contributed by atoms with Gasteiger partial charge in [0.05, 0.1) is 77.2 Å². The van der Waals surface area contributed by atoms with Gasteiger partial charge in [0.1, 0.15) is 36.6 Å². The van der Waals surface area contributed by atoms with Gasteiger partial charge < -0.3 is 122 Å². The normalized spacial score (nSPS) is 26.1. The highest BCUT2D eigenvalue weighted by Gasteiger charge is 2.45. The van der Waals surface area contributed by atoms with Gasteiger partial charge in [-0.2, -0.15) is 0 Å². The van der Waals surface area contributed by atoms with Crippen LogP contribution in [0, 0.1) is 23.7 Å². The van der Waals surface area contributed by atoms with E-state index in [1.807, 2.05) is 13.8 Å². The van der Waals surface area contributed by atoms with E-state index in [2.05, 4.69) is 63.3 Å². The molecule has 0 radical (unpaired) electrons. The topological polar surface area (TPSA) is 479 Å². The summed E-state index contributed by atoms with van der Waals surface area (Å²) >= 11 is 0. The molecule has 560 valence electrons. The number of methoxy groups -OCH3 is 1. The second-order valence-electron chi connectivity index (χ2n) is 24.8. The van der Waals surface area contributed by atoms with Gasteiger partial charge in [0.2, 0.25) is 47.3 Å². The van der Waals surface area contributed by atoms with Crippen molar-refractivity contribution in [3.05, 3.63) is 0 Å². The highest BCUT2D eigenvalue weighted by Crippen LogP contribution is 2.30. The molecule has 3 aliphatic rings. The fraction of sp³-hybridized carbons (Fsp3) is 0.875. The van der Waals surface area contributed by atoms with Crippen LogP contribution in [0.3, 0.4) is 0 Å². The van der Waals surface area contributed by atoms with E-state index in [0.29, 0.717) is 38.8 Å². The van der Waals surface area contributed by atoms with Crippen molar-refractivity contribution in [2.75, 3.05) is 99.2 Å². The molecule has 0 aromatic carbocycles. The van der Waals surface area contributed by atoms with E-state index in [-0.39, 0.29) is 160 Å². The Kier molecular flexibility index (Phi) is 47.6. The summed E-state index contributed by atoms with van der Waals surface area (Å²) in [5.41, 5.74) is -1.32. The van der Waals surface area contributed by atoms with Gasteiger partial charge in [-0.1, -0.05) is 55.4 Å². The van der Waals surface area contributed by atoms with Crippen molar-refractivity contribution in [1.29, 1.82) is 0 Å². The Morgan fingerprint density at radius 3 is 0.896 bits per heavy atom. The average molecular weight is 1390 g/mol. The minimum Gasteiger partial charge on any atom is -0.394 e. The van der Waals surface area contributed by atoms with E-state index in [9.17, 15) is 84.3 Å². The SMILES string of the molecule is CC.CC(C)C.COCCCNC(=O)CCCC(=O)NC(CCC(=O)NCCCNC(=O)CCO[C@@H]1OC(CO)[C@H](O)[C@H](O)C1C)(CCC(=O)NCCCNC(=O)CCO[C@@H]1OC(CO)[C@H](O)[C@H](O)C1C)CCC(=O)NCCCNC(=O)CCO[C@@H]1OC(CO)[C@H](O)[C@H](O)C1C. The lowest BCUT2D eigenvalue weighted by molar-refractivity contribution is -0.282. The number of carbonyl (C=O) groups excluding carboxylic acids is 8. The van der Waals surface area contributed by atoms with E-state index >= 15 is 0 Å². The van der Waals surface area contributed by atoms with Crippen molar-refractivity contribution in [2.24, 2.45) is 23.7 Å². The predicted octanol–water partition coefficient (Wildman–Crippen LogP) is -2.49. The number of hydrogen-bond acceptors (Lipinski definition) is 24. The Morgan fingerprint density at radius 1 is 0.375 bits per heavy atom. The predicted molar refractivity (Wildman–Crippen MR) is 348 cm³/mol. The minimum absolute atomic E-state index is 0.0294. The average Bonchev–Trinajstić information content (AvgIpc) is 0.844. The molecule has 96 heavy (non-hydrogen) atoms. The Balaban J connectivity index is 0.00000738. The number of nitrogens with one attached hydrogen (secondary N) is 8. The maximum atomic E-state index is 13.8. The Bertz CT molecular complexity index is 1990. The first-order chi connectivity index (χ1) is 45.7. The van der Waals surface area contributed by atoms with Gasteiger partial charge in [0.25, 0.3) is 0 Å². The number of amides is 8. The van der Waals surface area contributed by atoms with Crippen molar-refractivity contribution >= 4 is 47.3 Å². The van der Waals surface area contributed by atoms with Crippen LogP contribution in [-0.4, -0.2) is 272 Å². The van der Waals surface area contributed by atoms with Crippen LogP contribution in [0.5, 0.6) is 0 Å². The molecule has 0 spiro atoms. The zero-order chi connectivity index (χ0) is 72.2. The molecule has 3 fully saturated rings. The largest absolute Gasteiger partial charge is 0.394 e. The summed E-state index contributed by atoms with van der Waals surface area (Å²) < 4.78 is 38.5. The fourth-order valence-corrected chi connectivity index (χ4v) is 10.1. The number of hydrogen-bond donors (Lipinski definition) is 17. The summed E-state index contributed by atoms with van der Waals surface area (Å²) in [7, 11) is 1.54. The van der Waals surface area contributed by atoms with Crippen LogP contribution in [-0.2, 0) is 71.5 Å². The molecule has 3 saturated heterocycles. The monoisotopic (exact) mass is 1380 g/mol. The molecule has 32 nitrogen and oxygen atoms in total. The van der Waals surface area contributed by atoms with Crippen LogP contribution in [0.25, 0.3) is 0 Å². The third-order valence-corrected chi connectivity index (χ3v) is 15.9. The van der Waals surface area contributed by atoms with Gasteiger partial charge in [-0.15, -0.1) is 0 Å². The molecule has 15 atom stereocenters. The van der Waals surface area contributed by atoms with Crippen LogP contribution >= 0.6 is 0 Å². The maximum Gasteiger partial charge on any atom is 0.222 e.